The van der Waals surface area contributed by atoms with Crippen molar-refractivity contribution in [1.82, 2.24) is 0 Å². The van der Waals surface area contributed by atoms with E-state index in [0.29, 0.717) is 23.4 Å². The SMILES string of the molecule is CC(CCC(CCC(C)(C)C)CO[C]=O)CC(C)(C)C. The van der Waals surface area contributed by atoms with Gasteiger partial charge >= 0.3 is 6.47 Å². The second-order valence-corrected chi connectivity index (χ2v) is 8.81. The predicted octanol–water partition coefficient (Wildman–Crippen LogP) is 5.37. The van der Waals surface area contributed by atoms with E-state index in [-0.39, 0.29) is 0 Å². The summed E-state index contributed by atoms with van der Waals surface area (Å²) in [5.74, 6) is 1.21. The molecule has 0 amide bonds. The third-order valence-corrected chi connectivity index (χ3v) is 3.71. The molecule has 0 saturated carbocycles. The van der Waals surface area contributed by atoms with Crippen LogP contribution in [0.1, 0.15) is 80.6 Å². The first-order valence-corrected chi connectivity index (χ1v) is 8.02. The molecule has 0 spiro atoms. The fraction of sp³-hybridized carbons (Fsp3) is 0.944. The molecule has 1 radical (unpaired) electrons. The molecule has 119 valence electrons. The third-order valence-electron chi connectivity index (χ3n) is 3.71. The third kappa shape index (κ3) is 12.5. The van der Waals surface area contributed by atoms with Crippen molar-refractivity contribution in [3.63, 3.8) is 0 Å². The van der Waals surface area contributed by atoms with Crippen LogP contribution in [0.2, 0.25) is 0 Å². The lowest BCUT2D eigenvalue weighted by molar-refractivity contribution is 0.181. The van der Waals surface area contributed by atoms with E-state index in [9.17, 15) is 4.79 Å². The molecule has 0 aliphatic rings. The minimum atomic E-state index is 0.347. The zero-order chi connectivity index (χ0) is 15.8. The van der Waals surface area contributed by atoms with Crippen molar-refractivity contribution in [3.05, 3.63) is 0 Å². The fourth-order valence-electron chi connectivity index (χ4n) is 2.77. The number of hydrogen-bond donors (Lipinski definition) is 0. The van der Waals surface area contributed by atoms with Crippen molar-refractivity contribution >= 4 is 6.47 Å². The molecule has 0 aromatic rings. The van der Waals surface area contributed by atoms with Crippen molar-refractivity contribution in [3.8, 4) is 0 Å². The van der Waals surface area contributed by atoms with Gasteiger partial charge in [0, 0.05) is 0 Å². The van der Waals surface area contributed by atoms with Crippen LogP contribution in [0.15, 0.2) is 0 Å². The molecule has 0 aromatic carbocycles. The Labute approximate surface area is 126 Å². The van der Waals surface area contributed by atoms with Gasteiger partial charge in [0.2, 0.25) is 0 Å². The molecule has 2 unspecified atom stereocenters. The molecule has 20 heavy (non-hydrogen) atoms. The number of rotatable bonds is 9. The van der Waals surface area contributed by atoms with Crippen LogP contribution in [-0.2, 0) is 9.53 Å². The highest BCUT2D eigenvalue weighted by molar-refractivity contribution is 5.38. The van der Waals surface area contributed by atoms with Gasteiger partial charge in [-0.05, 0) is 48.3 Å². The predicted molar refractivity (Wildman–Crippen MR) is 86.3 cm³/mol. The Bertz CT molecular complexity index is 258. The van der Waals surface area contributed by atoms with Crippen LogP contribution in [0.5, 0.6) is 0 Å². The molecule has 0 aliphatic heterocycles. The monoisotopic (exact) mass is 283 g/mol. The normalized spacial score (nSPS) is 15.8. The smallest absolute Gasteiger partial charge is 0.417 e. The van der Waals surface area contributed by atoms with Crippen LogP contribution >= 0.6 is 0 Å². The summed E-state index contributed by atoms with van der Waals surface area (Å²) in [6.07, 6.45) is 5.92. The minimum absolute atomic E-state index is 0.347. The summed E-state index contributed by atoms with van der Waals surface area (Å²) in [5.41, 5.74) is 0.744. The van der Waals surface area contributed by atoms with E-state index >= 15 is 0 Å². The van der Waals surface area contributed by atoms with Gasteiger partial charge in [0.15, 0.2) is 0 Å². The summed E-state index contributed by atoms with van der Waals surface area (Å²) in [4.78, 5) is 10.3. The summed E-state index contributed by atoms with van der Waals surface area (Å²) in [6.45, 7) is 18.1. The lowest BCUT2D eigenvalue weighted by atomic mass is 9.81. The second-order valence-electron chi connectivity index (χ2n) is 8.81. The summed E-state index contributed by atoms with van der Waals surface area (Å²) in [6, 6.07) is 0. The van der Waals surface area contributed by atoms with Crippen LogP contribution < -0.4 is 0 Å². The molecule has 0 N–H and O–H groups in total. The van der Waals surface area contributed by atoms with E-state index in [4.69, 9.17) is 4.74 Å². The van der Waals surface area contributed by atoms with Gasteiger partial charge in [-0.3, -0.25) is 0 Å². The number of carbonyl (C=O) groups excluding carboxylic acids is 1. The zero-order valence-corrected chi connectivity index (χ0v) is 14.7. The highest BCUT2D eigenvalue weighted by Gasteiger charge is 2.19. The standard InChI is InChI=1S/C18H35O2/c1-15(12-18(5,6)7)8-9-16(13-20-14-19)10-11-17(2,3)4/h15-16H,8-13H2,1-7H3. The average Bonchev–Trinajstić information content (AvgIpc) is 2.24. The molecule has 0 aromatic heterocycles. The van der Waals surface area contributed by atoms with Gasteiger partial charge in [-0.2, -0.15) is 0 Å². The first-order chi connectivity index (χ1) is 9.03. The molecule has 0 fully saturated rings. The maximum atomic E-state index is 10.3. The van der Waals surface area contributed by atoms with Crippen LogP contribution in [-0.4, -0.2) is 13.1 Å². The summed E-state index contributed by atoms with van der Waals surface area (Å²) < 4.78 is 4.89. The number of hydrogen-bond acceptors (Lipinski definition) is 2. The summed E-state index contributed by atoms with van der Waals surface area (Å²) in [5, 5.41) is 0. The van der Waals surface area contributed by atoms with E-state index in [0.717, 1.165) is 18.8 Å². The van der Waals surface area contributed by atoms with Crippen LogP contribution in [0.25, 0.3) is 0 Å². The van der Waals surface area contributed by atoms with Gasteiger partial charge in [0.05, 0.1) is 6.61 Å². The second kappa shape index (κ2) is 8.69. The Morgan fingerprint density at radius 1 is 0.950 bits per heavy atom. The molecule has 0 bridgehead atoms. The van der Waals surface area contributed by atoms with Crippen molar-refractivity contribution < 1.29 is 9.53 Å². The van der Waals surface area contributed by atoms with Crippen molar-refractivity contribution in [1.29, 1.82) is 0 Å². The fourth-order valence-corrected chi connectivity index (χ4v) is 2.77. The first kappa shape index (κ1) is 19.5. The molecular formula is C18H35O2. The topological polar surface area (TPSA) is 26.3 Å². The van der Waals surface area contributed by atoms with Crippen molar-refractivity contribution in [2.45, 2.75) is 80.6 Å². The quantitative estimate of drug-likeness (QED) is 0.569. The summed E-state index contributed by atoms with van der Waals surface area (Å²) >= 11 is 0. The molecule has 0 heterocycles. The molecular weight excluding hydrogens is 248 g/mol. The van der Waals surface area contributed by atoms with Crippen LogP contribution in [0.4, 0.5) is 0 Å². The lowest BCUT2D eigenvalue weighted by Crippen LogP contribution is -2.16. The molecule has 0 aliphatic carbocycles. The van der Waals surface area contributed by atoms with Crippen molar-refractivity contribution in [2.24, 2.45) is 22.7 Å². The largest absolute Gasteiger partial charge is 0.457 e. The molecule has 2 heteroatoms. The highest BCUT2D eigenvalue weighted by atomic mass is 16.5. The molecule has 2 atom stereocenters. The van der Waals surface area contributed by atoms with E-state index in [2.05, 4.69) is 48.5 Å². The van der Waals surface area contributed by atoms with Gasteiger partial charge in [-0.15, -0.1) is 0 Å². The minimum Gasteiger partial charge on any atom is -0.457 e. The maximum Gasteiger partial charge on any atom is 0.417 e. The van der Waals surface area contributed by atoms with Gasteiger partial charge in [0.1, 0.15) is 0 Å². The highest BCUT2D eigenvalue weighted by Crippen LogP contribution is 2.30. The van der Waals surface area contributed by atoms with Gasteiger partial charge in [-0.1, -0.05) is 54.9 Å². The Balaban J connectivity index is 4.18. The van der Waals surface area contributed by atoms with Gasteiger partial charge in [-0.25, -0.2) is 4.79 Å². The van der Waals surface area contributed by atoms with Crippen LogP contribution in [0, 0.1) is 22.7 Å². The van der Waals surface area contributed by atoms with Crippen LogP contribution in [0.3, 0.4) is 0 Å². The Morgan fingerprint density at radius 2 is 1.55 bits per heavy atom. The zero-order valence-electron chi connectivity index (χ0n) is 14.7. The summed E-state index contributed by atoms with van der Waals surface area (Å²) in [7, 11) is 0. The maximum absolute atomic E-state index is 10.3. The first-order valence-electron chi connectivity index (χ1n) is 8.02. The molecule has 0 rings (SSSR count). The Hall–Kier alpha value is -0.530. The van der Waals surface area contributed by atoms with E-state index < -0.39 is 0 Å². The Kier molecular flexibility index (Phi) is 8.46. The lowest BCUT2D eigenvalue weighted by Gasteiger charge is -2.26. The molecule has 0 saturated heterocycles. The van der Waals surface area contributed by atoms with E-state index in [1.54, 1.807) is 6.47 Å². The van der Waals surface area contributed by atoms with Gasteiger partial charge < -0.3 is 4.74 Å². The van der Waals surface area contributed by atoms with E-state index in [1.165, 1.54) is 19.3 Å². The van der Waals surface area contributed by atoms with E-state index in [1.807, 2.05) is 0 Å². The molecule has 2 nitrogen and oxygen atoms in total. The number of ether oxygens (including phenoxy) is 1. The van der Waals surface area contributed by atoms with Crippen molar-refractivity contribution in [2.75, 3.05) is 6.61 Å². The Morgan fingerprint density at radius 3 is 2.00 bits per heavy atom. The average molecular weight is 283 g/mol. The van der Waals surface area contributed by atoms with Gasteiger partial charge in [0.25, 0.3) is 0 Å².